The van der Waals surface area contributed by atoms with Gasteiger partial charge in [-0.05, 0) is 26.0 Å². The fraction of sp³-hybridized carbons (Fsp3) is 0.385. The van der Waals surface area contributed by atoms with Crippen molar-refractivity contribution in [2.45, 2.75) is 19.9 Å². The minimum absolute atomic E-state index is 0.00533. The first-order chi connectivity index (χ1) is 9.88. The third kappa shape index (κ3) is 6.37. The van der Waals surface area contributed by atoms with Gasteiger partial charge in [0.2, 0.25) is 5.91 Å². The first-order valence-corrected chi connectivity index (χ1v) is 6.32. The van der Waals surface area contributed by atoms with Crippen LogP contribution in [0.25, 0.3) is 0 Å². The SMILES string of the molecule is CC(C)NC(=O)CNC(=O)COc1ccc([N+](=O)[O-])cc1. The second kappa shape index (κ2) is 7.83. The fourth-order valence-corrected chi connectivity index (χ4v) is 1.42. The van der Waals surface area contributed by atoms with E-state index >= 15 is 0 Å². The third-order valence-electron chi connectivity index (χ3n) is 2.31. The molecule has 0 aliphatic heterocycles. The predicted molar refractivity (Wildman–Crippen MR) is 74.9 cm³/mol. The van der Waals surface area contributed by atoms with Crippen LogP contribution in [-0.4, -0.2) is 35.9 Å². The zero-order valence-electron chi connectivity index (χ0n) is 11.8. The first kappa shape index (κ1) is 16.4. The van der Waals surface area contributed by atoms with Crippen molar-refractivity contribution < 1.29 is 19.2 Å². The Hall–Kier alpha value is -2.64. The number of carbonyl (C=O) groups is 2. The zero-order valence-corrected chi connectivity index (χ0v) is 11.8. The van der Waals surface area contributed by atoms with Crippen molar-refractivity contribution in [1.82, 2.24) is 10.6 Å². The largest absolute Gasteiger partial charge is 0.484 e. The Morgan fingerprint density at radius 2 is 1.86 bits per heavy atom. The molecule has 0 radical (unpaired) electrons. The number of nitro groups is 1. The van der Waals surface area contributed by atoms with E-state index in [9.17, 15) is 19.7 Å². The van der Waals surface area contributed by atoms with E-state index in [1.807, 2.05) is 13.8 Å². The Labute approximate surface area is 121 Å². The summed E-state index contributed by atoms with van der Waals surface area (Å²) < 4.78 is 5.15. The smallest absolute Gasteiger partial charge is 0.269 e. The number of ether oxygens (including phenoxy) is 1. The van der Waals surface area contributed by atoms with E-state index in [0.29, 0.717) is 5.75 Å². The van der Waals surface area contributed by atoms with Gasteiger partial charge in [-0.3, -0.25) is 19.7 Å². The van der Waals surface area contributed by atoms with Gasteiger partial charge < -0.3 is 15.4 Å². The van der Waals surface area contributed by atoms with Gasteiger partial charge in [0, 0.05) is 18.2 Å². The number of hydrogen-bond donors (Lipinski definition) is 2. The summed E-state index contributed by atoms with van der Waals surface area (Å²) in [6, 6.07) is 5.37. The van der Waals surface area contributed by atoms with Gasteiger partial charge in [-0.15, -0.1) is 0 Å². The Morgan fingerprint density at radius 1 is 1.24 bits per heavy atom. The molecule has 0 aliphatic rings. The van der Waals surface area contributed by atoms with Crippen LogP contribution in [0.2, 0.25) is 0 Å². The van der Waals surface area contributed by atoms with Crippen LogP contribution < -0.4 is 15.4 Å². The summed E-state index contributed by atoms with van der Waals surface area (Å²) in [6.07, 6.45) is 0. The first-order valence-electron chi connectivity index (χ1n) is 6.32. The average Bonchev–Trinajstić information content (AvgIpc) is 2.42. The van der Waals surface area contributed by atoms with Gasteiger partial charge in [0.1, 0.15) is 5.75 Å². The van der Waals surface area contributed by atoms with Crippen LogP contribution in [0.1, 0.15) is 13.8 Å². The average molecular weight is 295 g/mol. The zero-order chi connectivity index (χ0) is 15.8. The van der Waals surface area contributed by atoms with Crippen molar-refractivity contribution in [2.24, 2.45) is 0 Å². The fourth-order valence-electron chi connectivity index (χ4n) is 1.42. The van der Waals surface area contributed by atoms with Gasteiger partial charge in [0.15, 0.2) is 6.61 Å². The number of rotatable bonds is 7. The van der Waals surface area contributed by atoms with E-state index in [2.05, 4.69) is 10.6 Å². The molecule has 0 bridgehead atoms. The van der Waals surface area contributed by atoms with Crippen molar-refractivity contribution in [3.63, 3.8) is 0 Å². The Kier molecular flexibility index (Phi) is 6.12. The minimum atomic E-state index is -0.524. The van der Waals surface area contributed by atoms with Gasteiger partial charge in [0.05, 0.1) is 11.5 Å². The Bertz CT molecular complexity index is 513. The molecule has 21 heavy (non-hydrogen) atoms. The van der Waals surface area contributed by atoms with Crippen molar-refractivity contribution in [3.8, 4) is 5.75 Å². The molecule has 2 amide bonds. The molecule has 2 N–H and O–H groups in total. The monoisotopic (exact) mass is 295 g/mol. The Morgan fingerprint density at radius 3 is 2.38 bits per heavy atom. The molecular formula is C13H17N3O5. The second-order valence-electron chi connectivity index (χ2n) is 4.54. The molecule has 8 nitrogen and oxygen atoms in total. The molecular weight excluding hydrogens is 278 g/mol. The van der Waals surface area contributed by atoms with Crippen LogP contribution in [0.3, 0.4) is 0 Å². The number of hydrogen-bond acceptors (Lipinski definition) is 5. The maximum atomic E-state index is 11.5. The topological polar surface area (TPSA) is 111 Å². The molecule has 0 aliphatic carbocycles. The van der Waals surface area contributed by atoms with Gasteiger partial charge in [0.25, 0.3) is 11.6 Å². The van der Waals surface area contributed by atoms with Crippen molar-refractivity contribution in [1.29, 1.82) is 0 Å². The summed E-state index contributed by atoms with van der Waals surface area (Å²) in [5.74, 6) is -0.400. The summed E-state index contributed by atoms with van der Waals surface area (Å²) in [6.45, 7) is 3.24. The maximum Gasteiger partial charge on any atom is 0.269 e. The molecule has 0 spiro atoms. The van der Waals surface area contributed by atoms with Gasteiger partial charge in [-0.25, -0.2) is 0 Å². The molecule has 1 aromatic carbocycles. The van der Waals surface area contributed by atoms with E-state index < -0.39 is 10.8 Å². The highest BCUT2D eigenvalue weighted by molar-refractivity contribution is 5.85. The van der Waals surface area contributed by atoms with Crippen LogP contribution in [0.5, 0.6) is 5.75 Å². The molecule has 0 aromatic heterocycles. The van der Waals surface area contributed by atoms with Crippen LogP contribution in [0.15, 0.2) is 24.3 Å². The van der Waals surface area contributed by atoms with E-state index in [0.717, 1.165) is 0 Å². The summed E-state index contributed by atoms with van der Waals surface area (Å²) in [5, 5.41) is 15.5. The highest BCUT2D eigenvalue weighted by atomic mass is 16.6. The number of benzene rings is 1. The number of amides is 2. The second-order valence-corrected chi connectivity index (χ2v) is 4.54. The van der Waals surface area contributed by atoms with Gasteiger partial charge in [-0.1, -0.05) is 0 Å². The molecule has 8 heteroatoms. The lowest BCUT2D eigenvalue weighted by Gasteiger charge is -2.09. The lowest BCUT2D eigenvalue weighted by atomic mass is 10.3. The van der Waals surface area contributed by atoms with Crippen molar-refractivity contribution in [3.05, 3.63) is 34.4 Å². The maximum absolute atomic E-state index is 11.5. The third-order valence-corrected chi connectivity index (χ3v) is 2.31. The highest BCUT2D eigenvalue weighted by Gasteiger charge is 2.08. The minimum Gasteiger partial charge on any atom is -0.484 e. The molecule has 0 unspecified atom stereocenters. The van der Waals surface area contributed by atoms with Crippen LogP contribution in [0.4, 0.5) is 5.69 Å². The number of non-ortho nitro benzene ring substituents is 1. The number of nitro benzene ring substituents is 1. The predicted octanol–water partition coefficient (Wildman–Crippen LogP) is 0.614. The number of nitrogens with one attached hydrogen (secondary N) is 2. The lowest BCUT2D eigenvalue weighted by Crippen LogP contribution is -2.41. The van der Waals surface area contributed by atoms with Crippen LogP contribution >= 0.6 is 0 Å². The molecule has 0 fully saturated rings. The molecule has 0 heterocycles. The van der Waals surface area contributed by atoms with E-state index in [4.69, 9.17) is 4.74 Å². The summed E-state index contributed by atoms with van der Waals surface area (Å²) in [7, 11) is 0. The summed E-state index contributed by atoms with van der Waals surface area (Å²) in [5.41, 5.74) is -0.0582. The van der Waals surface area contributed by atoms with Gasteiger partial charge >= 0.3 is 0 Å². The molecule has 0 saturated heterocycles. The highest BCUT2D eigenvalue weighted by Crippen LogP contribution is 2.16. The van der Waals surface area contributed by atoms with E-state index in [1.165, 1.54) is 24.3 Å². The van der Waals surface area contributed by atoms with Crippen molar-refractivity contribution >= 4 is 17.5 Å². The normalized spacial score (nSPS) is 10.0. The number of carbonyl (C=O) groups excluding carboxylic acids is 2. The van der Waals surface area contributed by atoms with E-state index in [1.54, 1.807) is 0 Å². The molecule has 0 atom stereocenters. The molecule has 0 saturated carbocycles. The van der Waals surface area contributed by atoms with Crippen molar-refractivity contribution in [2.75, 3.05) is 13.2 Å². The molecule has 114 valence electrons. The number of nitrogens with zero attached hydrogens (tertiary/aromatic N) is 1. The lowest BCUT2D eigenvalue weighted by molar-refractivity contribution is -0.384. The summed E-state index contributed by atoms with van der Waals surface area (Å²) >= 11 is 0. The quantitative estimate of drug-likeness (QED) is 0.565. The van der Waals surface area contributed by atoms with Gasteiger partial charge in [-0.2, -0.15) is 0 Å². The molecule has 1 rings (SSSR count). The summed E-state index contributed by atoms with van der Waals surface area (Å²) in [4.78, 5) is 32.7. The van der Waals surface area contributed by atoms with Crippen LogP contribution in [0, 0.1) is 10.1 Å². The van der Waals surface area contributed by atoms with E-state index in [-0.39, 0.29) is 30.8 Å². The Balaban J connectivity index is 2.32. The standard InChI is InChI=1S/C13H17N3O5/c1-9(2)15-12(17)7-14-13(18)8-21-11-5-3-10(4-6-11)16(19)20/h3-6,9H,7-8H2,1-2H3,(H,14,18)(H,15,17). The molecule has 1 aromatic rings. The van der Waals surface area contributed by atoms with Crippen LogP contribution in [-0.2, 0) is 9.59 Å².